The van der Waals surface area contributed by atoms with Crippen molar-refractivity contribution in [2.45, 2.75) is 26.2 Å². The van der Waals surface area contributed by atoms with Crippen LogP contribution in [0.3, 0.4) is 0 Å². The van der Waals surface area contributed by atoms with Crippen LogP contribution in [0.2, 0.25) is 0 Å². The van der Waals surface area contributed by atoms with Crippen LogP contribution >= 0.6 is 0 Å². The number of carbonyl (C=O) groups is 1. The Morgan fingerprint density at radius 3 is 2.93 bits per heavy atom. The van der Waals surface area contributed by atoms with E-state index >= 15 is 0 Å². The topological polar surface area (TPSA) is 77.1 Å². The molecule has 5 nitrogen and oxygen atoms in total. The predicted octanol–water partition coefficient (Wildman–Crippen LogP) is -2.13. The molecule has 0 atom stereocenters. The van der Waals surface area contributed by atoms with Crippen LogP contribution < -0.4 is 23.6 Å². The normalized spacial score (nSPS) is 9.40. The van der Waals surface area contributed by atoms with Gasteiger partial charge in [0.2, 0.25) is 0 Å². The van der Waals surface area contributed by atoms with Crippen molar-refractivity contribution in [3.05, 3.63) is 29.0 Å². The van der Waals surface area contributed by atoms with Gasteiger partial charge in [-0.2, -0.15) is 0 Å². The fourth-order valence-corrected chi connectivity index (χ4v) is 1.07. The van der Waals surface area contributed by atoms with Gasteiger partial charge >= 0.3 is 30.7 Å². The first-order chi connectivity index (χ1) is 6.65. The van der Waals surface area contributed by atoms with Gasteiger partial charge in [-0.05, 0) is 11.4 Å². The number of rotatable bonds is 4. The summed E-state index contributed by atoms with van der Waals surface area (Å²) in [5.74, 6) is -0.838. The maximum Gasteiger partial charge on any atom is 1.00 e. The van der Waals surface area contributed by atoms with E-state index in [1.807, 2.05) is 6.92 Å². The molecular weight excluding hydrogens is 191 g/mol. The smallest absolute Gasteiger partial charge is 1.00 e. The summed E-state index contributed by atoms with van der Waals surface area (Å²) in [6, 6.07) is 1.20. The monoisotopic (exact) mass is 204 g/mol. The second-order valence-corrected chi connectivity index (χ2v) is 2.96. The van der Waals surface area contributed by atoms with Crippen molar-refractivity contribution in [1.29, 1.82) is 0 Å². The number of hydrogen-bond acceptors (Lipinski definition) is 3. The molecule has 0 fully saturated rings. The Morgan fingerprint density at radius 2 is 2.40 bits per heavy atom. The summed E-state index contributed by atoms with van der Waals surface area (Å²) in [5.41, 5.74) is -0.0804. The first-order valence-electron chi connectivity index (χ1n) is 4.47. The van der Waals surface area contributed by atoms with Gasteiger partial charge in [-0.25, -0.2) is 9.52 Å². The van der Waals surface area contributed by atoms with Gasteiger partial charge in [0, 0.05) is 6.07 Å². The second-order valence-electron chi connectivity index (χ2n) is 2.96. The molecular formula is C9H13LiN2O3. The third kappa shape index (κ3) is 3.90. The number of nitrogens with zero attached hydrogens (tertiary/aromatic N) is 2. The molecule has 0 radical (unpaired) electrons. The van der Waals surface area contributed by atoms with Crippen LogP contribution in [0.15, 0.2) is 12.3 Å². The summed E-state index contributed by atoms with van der Waals surface area (Å²) >= 11 is 0. The molecule has 78 valence electrons. The van der Waals surface area contributed by atoms with E-state index in [-0.39, 0.29) is 31.8 Å². The Labute approximate surface area is 101 Å². The maximum atomic E-state index is 11.2. The van der Waals surface area contributed by atoms with Crippen LogP contribution in [-0.2, 0) is 6.42 Å². The van der Waals surface area contributed by atoms with E-state index in [0.717, 1.165) is 12.8 Å². The van der Waals surface area contributed by atoms with Gasteiger partial charge in [0.1, 0.15) is 0 Å². The van der Waals surface area contributed by atoms with E-state index in [0.29, 0.717) is 11.2 Å². The van der Waals surface area contributed by atoms with Gasteiger partial charge in [-0.3, -0.25) is 0 Å². The quantitative estimate of drug-likeness (QED) is 0.345. The van der Waals surface area contributed by atoms with Crippen LogP contribution in [0.25, 0.3) is 0 Å². The minimum absolute atomic E-state index is 0. The Balaban J connectivity index is 0. The molecule has 1 aromatic heterocycles. The Hall–Kier alpha value is -1.05. The molecule has 0 aliphatic rings. The number of unbranched alkanes of at least 4 members (excludes halogenated alkanes) is 1. The van der Waals surface area contributed by atoms with Crippen LogP contribution in [0.4, 0.5) is 0 Å². The zero-order valence-corrected chi connectivity index (χ0v) is 8.93. The fraction of sp³-hybridized carbons (Fsp3) is 0.444. The van der Waals surface area contributed by atoms with Gasteiger partial charge < -0.3 is 11.7 Å². The van der Waals surface area contributed by atoms with Crippen molar-refractivity contribution in [2.75, 3.05) is 0 Å². The number of carboxylic acid groups (broad SMARTS) is 1. The van der Waals surface area contributed by atoms with Crippen molar-refractivity contribution < 1.29 is 34.9 Å². The minimum atomic E-state index is -1.11. The third-order valence-corrected chi connectivity index (χ3v) is 1.84. The first kappa shape index (κ1) is 13.9. The molecule has 1 rings (SSSR count). The van der Waals surface area contributed by atoms with E-state index in [1.54, 1.807) is 0 Å². The van der Waals surface area contributed by atoms with Crippen LogP contribution in [0, 0.1) is 5.21 Å². The molecule has 6 heteroatoms. The zero-order valence-electron chi connectivity index (χ0n) is 9.93. The molecule has 15 heavy (non-hydrogen) atoms. The molecule has 0 aliphatic heterocycles. The SMILES string of the molecule is CCCCc1nc(C(=O)O)cc[n+]1[O-].[H-].[Li+]. The largest absolute Gasteiger partial charge is 1.00 e. The number of hydrogen-bond donors (Lipinski definition) is 1. The van der Waals surface area contributed by atoms with E-state index in [1.165, 1.54) is 12.3 Å². The van der Waals surface area contributed by atoms with E-state index in [4.69, 9.17) is 5.11 Å². The Bertz CT molecular complexity index is 350. The van der Waals surface area contributed by atoms with Crippen molar-refractivity contribution >= 4 is 5.97 Å². The van der Waals surface area contributed by atoms with Crippen molar-refractivity contribution in [3.8, 4) is 0 Å². The third-order valence-electron chi connectivity index (χ3n) is 1.84. The van der Waals surface area contributed by atoms with E-state index in [2.05, 4.69) is 4.98 Å². The molecule has 0 unspecified atom stereocenters. The standard InChI is InChI=1S/C9H12N2O3.Li.H/c1-2-3-4-8-10-7(9(12)13)5-6-11(8)14;;/h5-6H,2-4H2,1H3,(H,12,13);;/q;+1;-1. The Morgan fingerprint density at radius 1 is 1.73 bits per heavy atom. The van der Waals surface area contributed by atoms with Gasteiger partial charge in [0.15, 0.2) is 0 Å². The average Bonchev–Trinajstić information content (AvgIpc) is 2.16. The zero-order chi connectivity index (χ0) is 10.6. The summed E-state index contributed by atoms with van der Waals surface area (Å²) in [4.78, 5) is 14.3. The summed E-state index contributed by atoms with van der Waals surface area (Å²) in [7, 11) is 0. The number of aromatic carboxylic acids is 1. The van der Waals surface area contributed by atoms with Gasteiger partial charge in [0.25, 0.3) is 5.69 Å². The average molecular weight is 204 g/mol. The molecule has 0 bridgehead atoms. The first-order valence-corrected chi connectivity index (χ1v) is 4.47. The minimum Gasteiger partial charge on any atom is -1.00 e. The van der Waals surface area contributed by atoms with Crippen molar-refractivity contribution in [3.63, 3.8) is 0 Å². The van der Waals surface area contributed by atoms with Gasteiger partial charge in [0.05, 0.1) is 12.6 Å². The fourth-order valence-electron chi connectivity index (χ4n) is 1.07. The molecule has 0 aromatic carbocycles. The van der Waals surface area contributed by atoms with Gasteiger partial charge in [-0.1, -0.05) is 13.3 Å². The second kappa shape index (κ2) is 6.43. The van der Waals surface area contributed by atoms with Crippen LogP contribution in [0.5, 0.6) is 0 Å². The predicted molar refractivity (Wildman–Crippen MR) is 49.9 cm³/mol. The molecule has 1 N–H and O–H groups in total. The molecule has 1 aromatic rings. The molecule has 0 spiro atoms. The number of aryl methyl sites for hydroxylation is 1. The summed E-state index contributed by atoms with van der Waals surface area (Å²) in [5, 5.41) is 19.8. The summed E-state index contributed by atoms with van der Waals surface area (Å²) in [6.45, 7) is 2.00. The summed E-state index contributed by atoms with van der Waals surface area (Å²) in [6.07, 6.45) is 3.47. The van der Waals surface area contributed by atoms with Crippen LogP contribution in [0.1, 0.15) is 37.5 Å². The number of carboxylic acids is 1. The van der Waals surface area contributed by atoms with Crippen molar-refractivity contribution in [1.82, 2.24) is 4.98 Å². The van der Waals surface area contributed by atoms with E-state index < -0.39 is 5.97 Å². The van der Waals surface area contributed by atoms with Crippen molar-refractivity contribution in [2.24, 2.45) is 0 Å². The molecule has 0 saturated carbocycles. The summed E-state index contributed by atoms with van der Waals surface area (Å²) < 4.78 is 0.613. The Kier molecular flexibility index (Phi) is 5.98. The molecule has 0 aliphatic carbocycles. The molecule has 1 heterocycles. The molecule has 0 saturated heterocycles. The van der Waals surface area contributed by atoms with Crippen LogP contribution in [-0.4, -0.2) is 16.1 Å². The molecule has 0 amide bonds. The van der Waals surface area contributed by atoms with E-state index in [9.17, 15) is 10.0 Å². The number of aromatic nitrogens is 2. The maximum absolute atomic E-state index is 11.2. The van der Waals surface area contributed by atoms with Gasteiger partial charge in [-0.15, -0.1) is 0 Å².